The standard InChI is InChI=1S/C22H28FN3O2/c1-14-7-6-8-15(2)21(14)25-20(27)13-26(5)17(4)22(28)24-16(3)18-9-11-19(23)12-10-18/h6-12,16-17H,13H2,1-5H3,(H,24,28)(H,25,27). The zero-order valence-electron chi connectivity index (χ0n) is 17.0. The van der Waals surface area contributed by atoms with Gasteiger partial charge in [0, 0.05) is 5.69 Å². The molecule has 0 aliphatic carbocycles. The molecule has 28 heavy (non-hydrogen) atoms. The molecule has 2 aromatic carbocycles. The maximum atomic E-state index is 13.0. The summed E-state index contributed by atoms with van der Waals surface area (Å²) in [4.78, 5) is 26.6. The largest absolute Gasteiger partial charge is 0.348 e. The van der Waals surface area contributed by atoms with Crippen LogP contribution < -0.4 is 10.6 Å². The molecule has 0 aliphatic rings. The van der Waals surface area contributed by atoms with Crippen LogP contribution in [0, 0.1) is 19.7 Å². The molecule has 2 atom stereocenters. The van der Waals surface area contributed by atoms with E-state index in [1.165, 1.54) is 12.1 Å². The fourth-order valence-corrected chi connectivity index (χ4v) is 2.92. The summed E-state index contributed by atoms with van der Waals surface area (Å²) < 4.78 is 13.0. The number of carbonyl (C=O) groups excluding carboxylic acids is 2. The van der Waals surface area contributed by atoms with Crippen LogP contribution in [0.3, 0.4) is 0 Å². The maximum Gasteiger partial charge on any atom is 0.238 e. The van der Waals surface area contributed by atoms with E-state index in [1.54, 1.807) is 31.0 Å². The number of carbonyl (C=O) groups is 2. The fourth-order valence-electron chi connectivity index (χ4n) is 2.92. The van der Waals surface area contributed by atoms with Crippen LogP contribution in [-0.2, 0) is 9.59 Å². The number of anilines is 1. The minimum atomic E-state index is -0.494. The topological polar surface area (TPSA) is 61.4 Å². The highest BCUT2D eigenvalue weighted by atomic mass is 19.1. The van der Waals surface area contributed by atoms with Crippen molar-refractivity contribution in [2.75, 3.05) is 18.9 Å². The van der Waals surface area contributed by atoms with Crippen LogP contribution in [-0.4, -0.2) is 36.3 Å². The van der Waals surface area contributed by atoms with Gasteiger partial charge in [-0.15, -0.1) is 0 Å². The van der Waals surface area contributed by atoms with Crippen molar-refractivity contribution in [3.8, 4) is 0 Å². The van der Waals surface area contributed by atoms with Gasteiger partial charge in [-0.25, -0.2) is 4.39 Å². The Bertz CT molecular complexity index is 816. The van der Waals surface area contributed by atoms with Gasteiger partial charge in [0.05, 0.1) is 18.6 Å². The number of halogens is 1. The summed E-state index contributed by atoms with van der Waals surface area (Å²) in [6, 6.07) is 11.1. The molecule has 0 aliphatic heterocycles. The summed E-state index contributed by atoms with van der Waals surface area (Å²) in [5.74, 6) is -0.685. The highest BCUT2D eigenvalue weighted by Gasteiger charge is 2.22. The first-order valence-electron chi connectivity index (χ1n) is 9.31. The Labute approximate surface area is 165 Å². The second kappa shape index (κ2) is 9.46. The first kappa shape index (κ1) is 21.6. The quantitative estimate of drug-likeness (QED) is 0.766. The lowest BCUT2D eigenvalue weighted by Gasteiger charge is -2.25. The van der Waals surface area contributed by atoms with E-state index in [4.69, 9.17) is 0 Å². The lowest BCUT2D eigenvalue weighted by molar-refractivity contribution is -0.127. The molecule has 2 amide bonds. The van der Waals surface area contributed by atoms with E-state index < -0.39 is 6.04 Å². The monoisotopic (exact) mass is 385 g/mol. The lowest BCUT2D eigenvalue weighted by atomic mass is 10.1. The summed E-state index contributed by atoms with van der Waals surface area (Å²) >= 11 is 0. The number of nitrogens with one attached hydrogen (secondary N) is 2. The molecule has 0 spiro atoms. The highest BCUT2D eigenvalue weighted by molar-refractivity contribution is 5.94. The molecular weight excluding hydrogens is 357 g/mol. The zero-order valence-corrected chi connectivity index (χ0v) is 17.0. The van der Waals surface area contributed by atoms with Gasteiger partial charge in [0.1, 0.15) is 5.82 Å². The maximum absolute atomic E-state index is 13.0. The molecule has 0 fully saturated rings. The Morgan fingerprint density at radius 1 is 1.04 bits per heavy atom. The highest BCUT2D eigenvalue weighted by Crippen LogP contribution is 2.19. The van der Waals surface area contributed by atoms with Crippen molar-refractivity contribution in [3.05, 3.63) is 65.0 Å². The van der Waals surface area contributed by atoms with Gasteiger partial charge in [-0.1, -0.05) is 30.3 Å². The minimum absolute atomic E-state index is 0.0906. The summed E-state index contributed by atoms with van der Waals surface area (Å²) in [7, 11) is 1.73. The molecule has 0 radical (unpaired) electrons. The number of amides is 2. The van der Waals surface area contributed by atoms with Crippen molar-refractivity contribution in [2.24, 2.45) is 0 Å². The molecular formula is C22H28FN3O2. The predicted molar refractivity (Wildman–Crippen MR) is 110 cm³/mol. The second-order valence-electron chi connectivity index (χ2n) is 7.19. The molecule has 6 heteroatoms. The van der Waals surface area contributed by atoms with E-state index in [1.807, 2.05) is 39.0 Å². The van der Waals surface area contributed by atoms with Gasteiger partial charge >= 0.3 is 0 Å². The molecule has 0 bridgehead atoms. The van der Waals surface area contributed by atoms with Crippen molar-refractivity contribution >= 4 is 17.5 Å². The Kier molecular flexibility index (Phi) is 7.29. The molecule has 2 N–H and O–H groups in total. The number of hydrogen-bond acceptors (Lipinski definition) is 3. The van der Waals surface area contributed by atoms with E-state index in [9.17, 15) is 14.0 Å². The normalized spacial score (nSPS) is 13.1. The van der Waals surface area contributed by atoms with Crippen LogP contribution in [0.15, 0.2) is 42.5 Å². The van der Waals surface area contributed by atoms with Gasteiger partial charge in [0.25, 0.3) is 0 Å². The number of benzene rings is 2. The fraction of sp³-hybridized carbons (Fsp3) is 0.364. The van der Waals surface area contributed by atoms with Gasteiger partial charge in [0.2, 0.25) is 11.8 Å². The zero-order chi connectivity index (χ0) is 20.8. The Morgan fingerprint density at radius 3 is 2.18 bits per heavy atom. The number of aryl methyl sites for hydroxylation is 2. The molecule has 2 rings (SSSR count). The molecule has 2 unspecified atom stereocenters. The molecule has 0 saturated heterocycles. The summed E-state index contributed by atoms with van der Waals surface area (Å²) in [6.45, 7) is 7.57. The van der Waals surface area contributed by atoms with Crippen LogP contribution in [0.2, 0.25) is 0 Å². The van der Waals surface area contributed by atoms with Crippen molar-refractivity contribution in [2.45, 2.75) is 39.8 Å². The minimum Gasteiger partial charge on any atom is -0.348 e. The third kappa shape index (κ3) is 5.63. The van der Waals surface area contributed by atoms with Crippen molar-refractivity contribution < 1.29 is 14.0 Å². The number of para-hydroxylation sites is 1. The van der Waals surface area contributed by atoms with Gasteiger partial charge in [-0.2, -0.15) is 0 Å². The number of nitrogens with zero attached hydrogens (tertiary/aromatic N) is 1. The van der Waals surface area contributed by atoms with E-state index >= 15 is 0 Å². The number of hydrogen-bond donors (Lipinski definition) is 2. The molecule has 0 aromatic heterocycles. The Hall–Kier alpha value is -2.73. The predicted octanol–water partition coefficient (Wildman–Crippen LogP) is 3.58. The van der Waals surface area contributed by atoms with Crippen LogP contribution in [0.25, 0.3) is 0 Å². The van der Waals surface area contributed by atoms with Crippen LogP contribution in [0.4, 0.5) is 10.1 Å². The van der Waals surface area contributed by atoms with Crippen molar-refractivity contribution in [3.63, 3.8) is 0 Å². The molecule has 0 heterocycles. The van der Waals surface area contributed by atoms with E-state index in [0.717, 1.165) is 22.4 Å². The summed E-state index contributed by atoms with van der Waals surface area (Å²) in [6.07, 6.45) is 0. The third-order valence-electron chi connectivity index (χ3n) is 4.91. The van der Waals surface area contributed by atoms with E-state index in [-0.39, 0.29) is 30.2 Å². The van der Waals surface area contributed by atoms with Gasteiger partial charge in [0.15, 0.2) is 0 Å². The van der Waals surface area contributed by atoms with Gasteiger partial charge < -0.3 is 10.6 Å². The Balaban J connectivity index is 1.91. The molecule has 2 aromatic rings. The van der Waals surface area contributed by atoms with E-state index in [0.29, 0.717) is 0 Å². The average Bonchev–Trinajstić information content (AvgIpc) is 2.64. The van der Waals surface area contributed by atoms with Crippen LogP contribution >= 0.6 is 0 Å². The number of rotatable bonds is 7. The first-order valence-corrected chi connectivity index (χ1v) is 9.31. The smallest absolute Gasteiger partial charge is 0.238 e. The van der Waals surface area contributed by atoms with Gasteiger partial charge in [-0.3, -0.25) is 14.5 Å². The van der Waals surface area contributed by atoms with Crippen molar-refractivity contribution in [1.29, 1.82) is 0 Å². The molecule has 0 saturated carbocycles. The first-order chi connectivity index (χ1) is 13.2. The van der Waals surface area contributed by atoms with E-state index in [2.05, 4.69) is 10.6 Å². The lowest BCUT2D eigenvalue weighted by Crippen LogP contribution is -2.46. The second-order valence-corrected chi connectivity index (χ2v) is 7.19. The van der Waals surface area contributed by atoms with Crippen LogP contribution in [0.5, 0.6) is 0 Å². The average molecular weight is 385 g/mol. The SMILES string of the molecule is Cc1cccc(C)c1NC(=O)CN(C)C(C)C(=O)NC(C)c1ccc(F)cc1. The van der Waals surface area contributed by atoms with Crippen LogP contribution in [0.1, 0.15) is 36.6 Å². The van der Waals surface area contributed by atoms with Gasteiger partial charge in [-0.05, 0) is 63.6 Å². The summed E-state index contributed by atoms with van der Waals surface area (Å²) in [5.41, 5.74) is 3.62. The summed E-state index contributed by atoms with van der Waals surface area (Å²) in [5, 5.41) is 5.83. The number of likely N-dealkylation sites (N-methyl/N-ethyl adjacent to an activating group) is 1. The third-order valence-corrected chi connectivity index (χ3v) is 4.91. The Morgan fingerprint density at radius 2 is 1.61 bits per heavy atom. The molecule has 150 valence electrons. The molecule has 5 nitrogen and oxygen atoms in total. The van der Waals surface area contributed by atoms with Crippen molar-refractivity contribution in [1.82, 2.24) is 10.2 Å².